The monoisotopic (exact) mass is 257 g/mol. The topological polar surface area (TPSA) is 30.5 Å². The van der Waals surface area contributed by atoms with Crippen molar-refractivity contribution >= 4 is 11.6 Å². The molecule has 4 heteroatoms. The second kappa shape index (κ2) is 9.28. The number of benzene rings is 1. The van der Waals surface area contributed by atoms with Gasteiger partial charge in [0.25, 0.3) is 0 Å². The second-order valence-corrected chi connectivity index (χ2v) is 4.04. The minimum absolute atomic E-state index is 0.648. The van der Waals surface area contributed by atoms with Gasteiger partial charge in [-0.05, 0) is 38.1 Å². The van der Waals surface area contributed by atoms with Crippen LogP contribution in [0.2, 0.25) is 5.02 Å². The molecule has 0 atom stereocenters. The molecule has 3 nitrogen and oxygen atoms in total. The highest BCUT2D eigenvalue weighted by Gasteiger charge is 1.94. The zero-order valence-corrected chi connectivity index (χ0v) is 11.0. The van der Waals surface area contributed by atoms with Crippen LogP contribution in [-0.2, 0) is 4.74 Å². The summed E-state index contributed by atoms with van der Waals surface area (Å²) in [7, 11) is 0. The van der Waals surface area contributed by atoms with Gasteiger partial charge in [-0.1, -0.05) is 17.7 Å². The van der Waals surface area contributed by atoms with E-state index >= 15 is 0 Å². The van der Waals surface area contributed by atoms with Gasteiger partial charge in [0.05, 0.1) is 0 Å². The number of halogens is 1. The second-order valence-electron chi connectivity index (χ2n) is 3.61. The molecule has 0 unspecified atom stereocenters. The Morgan fingerprint density at radius 2 is 2.12 bits per heavy atom. The third-order valence-electron chi connectivity index (χ3n) is 2.19. The van der Waals surface area contributed by atoms with Gasteiger partial charge in [0.2, 0.25) is 0 Å². The van der Waals surface area contributed by atoms with Crippen LogP contribution in [0.1, 0.15) is 13.3 Å². The summed E-state index contributed by atoms with van der Waals surface area (Å²) in [6.45, 7) is 6.05. The van der Waals surface area contributed by atoms with Crippen molar-refractivity contribution in [3.63, 3.8) is 0 Å². The van der Waals surface area contributed by atoms with Gasteiger partial charge < -0.3 is 14.8 Å². The van der Waals surface area contributed by atoms with Gasteiger partial charge >= 0.3 is 0 Å². The van der Waals surface area contributed by atoms with Crippen LogP contribution < -0.4 is 10.1 Å². The van der Waals surface area contributed by atoms with Crippen molar-refractivity contribution < 1.29 is 9.47 Å². The zero-order valence-electron chi connectivity index (χ0n) is 10.2. The molecule has 1 aromatic rings. The van der Waals surface area contributed by atoms with E-state index in [1.54, 1.807) is 0 Å². The van der Waals surface area contributed by atoms with Gasteiger partial charge in [-0.15, -0.1) is 0 Å². The first-order valence-corrected chi connectivity index (χ1v) is 6.37. The highest BCUT2D eigenvalue weighted by molar-refractivity contribution is 6.30. The normalized spacial score (nSPS) is 10.5. The van der Waals surface area contributed by atoms with Gasteiger partial charge in [-0.2, -0.15) is 0 Å². The van der Waals surface area contributed by atoms with E-state index in [0.717, 1.165) is 38.5 Å². The van der Waals surface area contributed by atoms with E-state index in [4.69, 9.17) is 21.1 Å². The fraction of sp³-hybridized carbons (Fsp3) is 0.538. The largest absolute Gasteiger partial charge is 0.492 e. The van der Waals surface area contributed by atoms with Crippen molar-refractivity contribution in [2.45, 2.75) is 13.3 Å². The Balaban J connectivity index is 1.97. The first-order valence-electron chi connectivity index (χ1n) is 5.99. The van der Waals surface area contributed by atoms with E-state index in [9.17, 15) is 0 Å². The number of hydrogen-bond donors (Lipinski definition) is 1. The van der Waals surface area contributed by atoms with E-state index in [2.05, 4.69) is 5.32 Å². The lowest BCUT2D eigenvalue weighted by Gasteiger charge is -2.07. The van der Waals surface area contributed by atoms with Gasteiger partial charge in [-0.25, -0.2) is 0 Å². The molecule has 0 bridgehead atoms. The molecule has 0 fully saturated rings. The van der Waals surface area contributed by atoms with Crippen LogP contribution in [0.25, 0.3) is 0 Å². The van der Waals surface area contributed by atoms with Crippen molar-refractivity contribution in [3.8, 4) is 5.75 Å². The minimum Gasteiger partial charge on any atom is -0.492 e. The molecule has 0 aromatic heterocycles. The molecular weight excluding hydrogens is 238 g/mol. The van der Waals surface area contributed by atoms with E-state index in [0.29, 0.717) is 11.6 Å². The van der Waals surface area contributed by atoms with Crippen LogP contribution in [0.3, 0.4) is 0 Å². The molecule has 1 aromatic carbocycles. The van der Waals surface area contributed by atoms with Crippen LogP contribution in [0.5, 0.6) is 5.75 Å². The number of hydrogen-bond acceptors (Lipinski definition) is 3. The molecule has 0 saturated heterocycles. The molecule has 0 heterocycles. The van der Waals surface area contributed by atoms with E-state index < -0.39 is 0 Å². The maximum absolute atomic E-state index is 5.85. The van der Waals surface area contributed by atoms with Crippen molar-refractivity contribution in [2.24, 2.45) is 0 Å². The first kappa shape index (κ1) is 14.3. The van der Waals surface area contributed by atoms with E-state index in [1.165, 1.54) is 0 Å². The average Bonchev–Trinajstić information content (AvgIpc) is 2.33. The summed E-state index contributed by atoms with van der Waals surface area (Å²) in [6, 6.07) is 7.44. The maximum atomic E-state index is 5.85. The van der Waals surface area contributed by atoms with Gasteiger partial charge in [0.15, 0.2) is 0 Å². The summed E-state index contributed by atoms with van der Waals surface area (Å²) in [4.78, 5) is 0. The van der Waals surface area contributed by atoms with Crippen LogP contribution in [-0.4, -0.2) is 32.9 Å². The predicted octanol–water partition coefficient (Wildman–Crippen LogP) is 2.74. The molecular formula is C13H20ClNO2. The molecule has 96 valence electrons. The Hall–Kier alpha value is -0.770. The number of nitrogens with one attached hydrogen (secondary N) is 1. The third kappa shape index (κ3) is 7.21. The molecule has 0 aliphatic rings. The summed E-state index contributed by atoms with van der Waals surface area (Å²) in [5.74, 6) is 0.814. The van der Waals surface area contributed by atoms with Crippen molar-refractivity contribution in [1.29, 1.82) is 0 Å². The maximum Gasteiger partial charge on any atom is 0.120 e. The standard InChI is InChI=1S/C13H20ClNO2/c1-2-16-9-4-7-15-8-10-17-13-6-3-5-12(14)11-13/h3,5-6,11,15H,2,4,7-10H2,1H3. The first-order chi connectivity index (χ1) is 8.33. The van der Waals surface area contributed by atoms with E-state index in [-0.39, 0.29) is 0 Å². The lowest BCUT2D eigenvalue weighted by atomic mass is 10.3. The molecule has 17 heavy (non-hydrogen) atoms. The van der Waals surface area contributed by atoms with Crippen LogP contribution >= 0.6 is 11.6 Å². The van der Waals surface area contributed by atoms with Crippen LogP contribution in [0.4, 0.5) is 0 Å². The van der Waals surface area contributed by atoms with Crippen LogP contribution in [0, 0.1) is 0 Å². The smallest absolute Gasteiger partial charge is 0.120 e. The Morgan fingerprint density at radius 1 is 1.24 bits per heavy atom. The number of ether oxygens (including phenoxy) is 2. The fourth-order valence-electron chi connectivity index (χ4n) is 1.37. The van der Waals surface area contributed by atoms with Crippen molar-refractivity contribution in [3.05, 3.63) is 29.3 Å². The molecule has 0 saturated carbocycles. The van der Waals surface area contributed by atoms with Crippen LogP contribution in [0.15, 0.2) is 24.3 Å². The SMILES string of the molecule is CCOCCCNCCOc1cccc(Cl)c1. The van der Waals surface area contributed by atoms with Crippen molar-refractivity contribution in [1.82, 2.24) is 5.32 Å². The van der Waals surface area contributed by atoms with Gasteiger partial charge in [0, 0.05) is 24.8 Å². The predicted molar refractivity (Wildman–Crippen MR) is 70.9 cm³/mol. The van der Waals surface area contributed by atoms with Crippen molar-refractivity contribution in [2.75, 3.05) is 32.9 Å². The Bertz CT molecular complexity index is 307. The lowest BCUT2D eigenvalue weighted by molar-refractivity contribution is 0.144. The summed E-state index contributed by atoms with van der Waals surface area (Å²) >= 11 is 5.85. The average molecular weight is 258 g/mol. The molecule has 0 amide bonds. The quantitative estimate of drug-likeness (QED) is 0.690. The number of rotatable bonds is 9. The Labute approximate surface area is 108 Å². The third-order valence-corrected chi connectivity index (χ3v) is 2.43. The Kier molecular flexibility index (Phi) is 7.80. The lowest BCUT2D eigenvalue weighted by Crippen LogP contribution is -2.23. The highest BCUT2D eigenvalue weighted by atomic mass is 35.5. The molecule has 0 radical (unpaired) electrons. The highest BCUT2D eigenvalue weighted by Crippen LogP contribution is 2.16. The van der Waals surface area contributed by atoms with Gasteiger partial charge in [0.1, 0.15) is 12.4 Å². The molecule has 0 spiro atoms. The summed E-state index contributed by atoms with van der Waals surface area (Å²) in [6.07, 6.45) is 1.03. The summed E-state index contributed by atoms with van der Waals surface area (Å²) in [5.41, 5.74) is 0. The molecule has 1 N–H and O–H groups in total. The van der Waals surface area contributed by atoms with Gasteiger partial charge in [-0.3, -0.25) is 0 Å². The molecule has 0 aliphatic heterocycles. The summed E-state index contributed by atoms with van der Waals surface area (Å²) < 4.78 is 10.8. The molecule has 0 aliphatic carbocycles. The fourth-order valence-corrected chi connectivity index (χ4v) is 1.55. The summed E-state index contributed by atoms with van der Waals surface area (Å²) in [5, 5.41) is 3.99. The Morgan fingerprint density at radius 3 is 2.88 bits per heavy atom. The minimum atomic E-state index is 0.648. The van der Waals surface area contributed by atoms with E-state index in [1.807, 2.05) is 31.2 Å². The zero-order chi connectivity index (χ0) is 12.3. The molecule has 1 rings (SSSR count).